The SMILES string of the molecule is O=C(O)C[C@@H](Cc1ccc(Br)cc1)C(=O)O. The van der Waals surface area contributed by atoms with Crippen molar-refractivity contribution in [3.8, 4) is 0 Å². The molecule has 0 radical (unpaired) electrons. The lowest BCUT2D eigenvalue weighted by molar-refractivity contribution is -0.148. The van der Waals surface area contributed by atoms with Gasteiger partial charge in [0.15, 0.2) is 0 Å². The van der Waals surface area contributed by atoms with Crippen LogP contribution >= 0.6 is 15.9 Å². The van der Waals surface area contributed by atoms with Gasteiger partial charge in [-0.25, -0.2) is 0 Å². The van der Waals surface area contributed by atoms with Gasteiger partial charge in [0.1, 0.15) is 0 Å². The molecule has 1 aromatic carbocycles. The van der Waals surface area contributed by atoms with Crippen LogP contribution in [0, 0.1) is 5.92 Å². The molecule has 0 fully saturated rings. The molecule has 0 amide bonds. The molecule has 0 spiro atoms. The normalized spacial score (nSPS) is 12.1. The van der Waals surface area contributed by atoms with E-state index >= 15 is 0 Å². The van der Waals surface area contributed by atoms with E-state index in [1.54, 1.807) is 24.3 Å². The van der Waals surface area contributed by atoms with Gasteiger partial charge in [-0.15, -0.1) is 0 Å². The van der Waals surface area contributed by atoms with Crippen LogP contribution in [0.2, 0.25) is 0 Å². The summed E-state index contributed by atoms with van der Waals surface area (Å²) in [5.74, 6) is -3.05. The molecule has 0 saturated heterocycles. The number of aliphatic carboxylic acids is 2. The summed E-state index contributed by atoms with van der Waals surface area (Å²) in [6.07, 6.45) is -0.125. The first-order valence-corrected chi connectivity index (χ1v) is 5.47. The van der Waals surface area contributed by atoms with Gasteiger partial charge in [0.2, 0.25) is 0 Å². The van der Waals surface area contributed by atoms with Crippen molar-refractivity contribution < 1.29 is 19.8 Å². The Morgan fingerprint density at radius 2 is 1.75 bits per heavy atom. The molecule has 0 heterocycles. The molecule has 0 aliphatic rings. The number of carboxylic acids is 2. The monoisotopic (exact) mass is 286 g/mol. The quantitative estimate of drug-likeness (QED) is 0.870. The van der Waals surface area contributed by atoms with Gasteiger partial charge < -0.3 is 10.2 Å². The van der Waals surface area contributed by atoms with Crippen LogP contribution in [0.25, 0.3) is 0 Å². The minimum atomic E-state index is -1.09. The summed E-state index contributed by atoms with van der Waals surface area (Å²) in [6, 6.07) is 7.16. The van der Waals surface area contributed by atoms with Gasteiger partial charge in [-0.1, -0.05) is 28.1 Å². The van der Waals surface area contributed by atoms with Crippen molar-refractivity contribution in [3.63, 3.8) is 0 Å². The number of benzene rings is 1. The highest BCUT2D eigenvalue weighted by molar-refractivity contribution is 9.10. The van der Waals surface area contributed by atoms with E-state index in [0.29, 0.717) is 0 Å². The van der Waals surface area contributed by atoms with Gasteiger partial charge in [0.25, 0.3) is 0 Å². The second-order valence-electron chi connectivity index (χ2n) is 3.46. The molecular weight excluding hydrogens is 276 g/mol. The van der Waals surface area contributed by atoms with Crippen molar-refractivity contribution in [2.75, 3.05) is 0 Å². The average molecular weight is 287 g/mol. The van der Waals surface area contributed by atoms with Crippen LogP contribution in [0.1, 0.15) is 12.0 Å². The van der Waals surface area contributed by atoms with E-state index in [0.717, 1.165) is 10.0 Å². The standard InChI is InChI=1S/C11H11BrO4/c12-9-3-1-7(2-4-9)5-8(11(15)16)6-10(13)14/h1-4,8H,5-6H2,(H,13,14)(H,15,16)/t8-/m1/s1. The maximum Gasteiger partial charge on any atom is 0.307 e. The first-order chi connectivity index (χ1) is 7.49. The third kappa shape index (κ3) is 4.02. The van der Waals surface area contributed by atoms with Gasteiger partial charge in [0.05, 0.1) is 12.3 Å². The fourth-order valence-corrected chi connectivity index (χ4v) is 1.63. The van der Waals surface area contributed by atoms with E-state index in [2.05, 4.69) is 15.9 Å². The predicted molar refractivity (Wildman–Crippen MR) is 61.2 cm³/mol. The van der Waals surface area contributed by atoms with Crippen molar-refractivity contribution in [1.29, 1.82) is 0 Å². The molecule has 0 bridgehead atoms. The molecule has 2 N–H and O–H groups in total. The molecule has 0 aromatic heterocycles. The Balaban J connectivity index is 2.71. The molecule has 0 unspecified atom stereocenters. The summed E-state index contributed by atoms with van der Waals surface area (Å²) >= 11 is 3.27. The molecule has 1 aromatic rings. The predicted octanol–water partition coefficient (Wildman–Crippen LogP) is 2.17. The van der Waals surface area contributed by atoms with Crippen LogP contribution in [-0.4, -0.2) is 22.2 Å². The largest absolute Gasteiger partial charge is 0.481 e. The molecular formula is C11H11BrO4. The zero-order valence-corrected chi connectivity index (χ0v) is 9.98. The second kappa shape index (κ2) is 5.65. The molecule has 16 heavy (non-hydrogen) atoms. The smallest absolute Gasteiger partial charge is 0.307 e. The Labute approximate surface area is 101 Å². The molecule has 0 saturated carbocycles. The lowest BCUT2D eigenvalue weighted by atomic mass is 9.96. The fourth-order valence-electron chi connectivity index (χ4n) is 1.36. The molecule has 4 nitrogen and oxygen atoms in total. The third-order valence-electron chi connectivity index (χ3n) is 2.17. The minimum Gasteiger partial charge on any atom is -0.481 e. The van der Waals surface area contributed by atoms with Crippen molar-refractivity contribution in [2.45, 2.75) is 12.8 Å². The Morgan fingerprint density at radius 1 is 1.19 bits per heavy atom. The van der Waals surface area contributed by atoms with Crippen LogP contribution < -0.4 is 0 Å². The van der Waals surface area contributed by atoms with Crippen LogP contribution in [0.5, 0.6) is 0 Å². The number of rotatable bonds is 5. The van der Waals surface area contributed by atoms with Gasteiger partial charge in [0, 0.05) is 4.47 Å². The van der Waals surface area contributed by atoms with Gasteiger partial charge in [-0.3, -0.25) is 9.59 Å². The van der Waals surface area contributed by atoms with Crippen molar-refractivity contribution >= 4 is 27.9 Å². The molecule has 86 valence electrons. The topological polar surface area (TPSA) is 74.6 Å². The summed E-state index contributed by atoms with van der Waals surface area (Å²) < 4.78 is 0.904. The third-order valence-corrected chi connectivity index (χ3v) is 2.69. The molecule has 1 atom stereocenters. The number of hydrogen-bond donors (Lipinski definition) is 2. The molecule has 5 heteroatoms. The van der Waals surface area contributed by atoms with Gasteiger partial charge in [-0.2, -0.15) is 0 Å². The zero-order valence-electron chi connectivity index (χ0n) is 8.39. The van der Waals surface area contributed by atoms with E-state index in [4.69, 9.17) is 10.2 Å². The summed E-state index contributed by atoms with van der Waals surface area (Å²) in [6.45, 7) is 0. The zero-order chi connectivity index (χ0) is 12.1. The Kier molecular flexibility index (Phi) is 4.49. The van der Waals surface area contributed by atoms with E-state index in [1.807, 2.05) is 0 Å². The number of carboxylic acid groups (broad SMARTS) is 2. The average Bonchev–Trinajstić information content (AvgIpc) is 2.19. The summed E-state index contributed by atoms with van der Waals surface area (Å²) in [4.78, 5) is 21.3. The van der Waals surface area contributed by atoms with Crippen LogP contribution in [0.15, 0.2) is 28.7 Å². The Bertz CT molecular complexity index is 385. The number of hydrogen-bond acceptors (Lipinski definition) is 2. The van der Waals surface area contributed by atoms with E-state index in [9.17, 15) is 9.59 Å². The second-order valence-corrected chi connectivity index (χ2v) is 4.38. The lowest BCUT2D eigenvalue weighted by Gasteiger charge is -2.09. The van der Waals surface area contributed by atoms with E-state index < -0.39 is 17.9 Å². The Hall–Kier alpha value is -1.36. The highest BCUT2D eigenvalue weighted by Gasteiger charge is 2.21. The number of halogens is 1. The highest BCUT2D eigenvalue weighted by Crippen LogP contribution is 2.16. The first kappa shape index (κ1) is 12.7. The van der Waals surface area contributed by atoms with Crippen molar-refractivity contribution in [1.82, 2.24) is 0 Å². The first-order valence-electron chi connectivity index (χ1n) is 4.68. The summed E-state index contributed by atoms with van der Waals surface area (Å²) in [7, 11) is 0. The Morgan fingerprint density at radius 3 is 2.19 bits per heavy atom. The van der Waals surface area contributed by atoms with Gasteiger partial charge >= 0.3 is 11.9 Å². The molecule has 0 aliphatic carbocycles. The fraction of sp³-hybridized carbons (Fsp3) is 0.273. The van der Waals surface area contributed by atoms with E-state index in [1.165, 1.54) is 0 Å². The van der Waals surface area contributed by atoms with Crippen molar-refractivity contribution in [3.05, 3.63) is 34.3 Å². The maximum absolute atomic E-state index is 10.8. The number of carbonyl (C=O) groups is 2. The van der Waals surface area contributed by atoms with Crippen LogP contribution in [0.4, 0.5) is 0 Å². The lowest BCUT2D eigenvalue weighted by Crippen LogP contribution is -2.20. The van der Waals surface area contributed by atoms with Crippen LogP contribution in [-0.2, 0) is 16.0 Å². The van der Waals surface area contributed by atoms with Gasteiger partial charge in [-0.05, 0) is 24.1 Å². The van der Waals surface area contributed by atoms with E-state index in [-0.39, 0.29) is 12.8 Å². The molecule has 1 rings (SSSR count). The highest BCUT2D eigenvalue weighted by atomic mass is 79.9. The van der Waals surface area contributed by atoms with Crippen molar-refractivity contribution in [2.24, 2.45) is 5.92 Å². The van der Waals surface area contributed by atoms with Crippen LogP contribution in [0.3, 0.4) is 0 Å². The summed E-state index contributed by atoms with van der Waals surface area (Å²) in [5.41, 5.74) is 0.817. The molecule has 0 aliphatic heterocycles. The minimum absolute atomic E-state index is 0.231. The summed E-state index contributed by atoms with van der Waals surface area (Å²) in [5, 5.41) is 17.4. The maximum atomic E-state index is 10.8.